The summed E-state index contributed by atoms with van der Waals surface area (Å²) in [5.74, 6) is 0.533. The molecule has 3 heteroatoms. The lowest BCUT2D eigenvalue weighted by atomic mass is 10.2. The predicted octanol–water partition coefficient (Wildman–Crippen LogP) is 3.06. The molecule has 1 N–H and O–H groups in total. The quantitative estimate of drug-likeness (QED) is 0.553. The Kier molecular flexibility index (Phi) is 3.29. The van der Waals surface area contributed by atoms with Gasteiger partial charge in [0.2, 0.25) is 0 Å². The first-order valence-electron chi connectivity index (χ1n) is 3.61. The summed E-state index contributed by atoms with van der Waals surface area (Å²) in [5.41, 5.74) is 1.05. The zero-order valence-electron chi connectivity index (χ0n) is 6.80. The fourth-order valence-electron chi connectivity index (χ4n) is 0.772. The minimum atomic E-state index is -0.213. The van der Waals surface area contributed by atoms with Crippen molar-refractivity contribution in [2.45, 2.75) is 12.7 Å². The van der Waals surface area contributed by atoms with Gasteiger partial charge in [-0.05, 0) is 24.6 Å². The molecule has 0 saturated heterocycles. The van der Waals surface area contributed by atoms with E-state index in [0.717, 1.165) is 11.3 Å². The minimum absolute atomic E-state index is 0.213. The topological polar surface area (TPSA) is 23.9 Å². The molecule has 0 saturated carbocycles. The summed E-state index contributed by atoms with van der Waals surface area (Å²) in [6.07, 6.45) is 0. The minimum Gasteiger partial charge on any atom is -0.299 e. The number of nitrogens with one attached hydrogen (secondary N) is 1. The van der Waals surface area contributed by atoms with E-state index < -0.39 is 0 Å². The molecule has 1 aromatic rings. The average Bonchev–Trinajstić information content (AvgIpc) is 2.03. The number of benzene rings is 1. The zero-order valence-corrected chi connectivity index (χ0v) is 7.62. The Morgan fingerprint density at radius 3 is 2.50 bits per heavy atom. The molecule has 0 fully saturated rings. The highest BCUT2D eigenvalue weighted by molar-refractivity contribution is 8.13. The van der Waals surface area contributed by atoms with E-state index in [0.29, 0.717) is 5.04 Å². The van der Waals surface area contributed by atoms with Crippen molar-refractivity contribution in [1.82, 2.24) is 0 Å². The van der Waals surface area contributed by atoms with Crippen LogP contribution in [0.4, 0.5) is 4.39 Å². The third-order valence-electron chi connectivity index (χ3n) is 1.37. The molecule has 12 heavy (non-hydrogen) atoms. The second kappa shape index (κ2) is 4.26. The molecule has 0 heterocycles. The number of thioether (sulfide) groups is 1. The molecule has 0 unspecified atom stereocenters. The molecule has 1 rings (SSSR count). The lowest BCUT2D eigenvalue weighted by Gasteiger charge is -1.98. The molecule has 0 atom stereocenters. The zero-order chi connectivity index (χ0) is 8.97. The van der Waals surface area contributed by atoms with Crippen LogP contribution in [-0.2, 0) is 5.75 Å². The van der Waals surface area contributed by atoms with Crippen molar-refractivity contribution in [3.8, 4) is 0 Å². The standard InChI is InChI=1S/C9H10FNS/c1-7(11)12-6-8-2-4-9(10)5-3-8/h2-5,11H,6H2,1H3. The molecule has 1 nitrogen and oxygen atoms in total. The maximum atomic E-state index is 12.4. The van der Waals surface area contributed by atoms with Crippen LogP contribution < -0.4 is 0 Å². The summed E-state index contributed by atoms with van der Waals surface area (Å²) in [4.78, 5) is 0. The highest BCUT2D eigenvalue weighted by atomic mass is 32.2. The Balaban J connectivity index is 2.53. The Hall–Kier alpha value is -0.830. The van der Waals surface area contributed by atoms with Crippen LogP contribution in [0.25, 0.3) is 0 Å². The number of hydrogen-bond acceptors (Lipinski definition) is 2. The predicted molar refractivity (Wildman–Crippen MR) is 51.1 cm³/mol. The fraction of sp³-hybridized carbons (Fsp3) is 0.222. The van der Waals surface area contributed by atoms with E-state index in [4.69, 9.17) is 5.41 Å². The number of rotatable bonds is 2. The molecule has 0 radical (unpaired) electrons. The normalized spacial score (nSPS) is 9.83. The van der Waals surface area contributed by atoms with E-state index >= 15 is 0 Å². The van der Waals surface area contributed by atoms with Gasteiger partial charge in [0.05, 0.1) is 5.04 Å². The summed E-state index contributed by atoms with van der Waals surface area (Å²) >= 11 is 1.45. The molecule has 0 aromatic heterocycles. The molecule has 0 bridgehead atoms. The SMILES string of the molecule is CC(=N)SCc1ccc(F)cc1. The van der Waals surface area contributed by atoms with E-state index in [-0.39, 0.29) is 5.82 Å². The second-order valence-corrected chi connectivity index (χ2v) is 3.66. The van der Waals surface area contributed by atoms with E-state index in [1.807, 2.05) is 0 Å². The Labute approximate surface area is 75.5 Å². The van der Waals surface area contributed by atoms with Gasteiger partial charge in [-0.3, -0.25) is 5.41 Å². The second-order valence-electron chi connectivity index (χ2n) is 2.47. The average molecular weight is 183 g/mol. The van der Waals surface area contributed by atoms with Gasteiger partial charge in [-0.15, -0.1) is 11.8 Å². The van der Waals surface area contributed by atoms with Crippen LogP contribution in [-0.4, -0.2) is 5.04 Å². The first-order chi connectivity index (χ1) is 5.68. The fourth-order valence-corrected chi connectivity index (χ4v) is 1.35. The molecular weight excluding hydrogens is 173 g/mol. The first-order valence-corrected chi connectivity index (χ1v) is 4.59. The monoisotopic (exact) mass is 183 g/mol. The highest BCUT2D eigenvalue weighted by Gasteiger charge is 1.94. The van der Waals surface area contributed by atoms with Gasteiger partial charge in [-0.25, -0.2) is 4.39 Å². The first kappa shape index (κ1) is 9.26. The van der Waals surface area contributed by atoms with Crippen molar-refractivity contribution in [2.24, 2.45) is 0 Å². The molecule has 0 aliphatic rings. The Bertz CT molecular complexity index is 268. The van der Waals surface area contributed by atoms with Gasteiger partial charge in [0.15, 0.2) is 0 Å². The number of hydrogen-bond donors (Lipinski definition) is 1. The Morgan fingerprint density at radius 2 is 2.00 bits per heavy atom. The lowest BCUT2D eigenvalue weighted by Crippen LogP contribution is -1.84. The van der Waals surface area contributed by atoms with Gasteiger partial charge in [0, 0.05) is 5.75 Å². The van der Waals surface area contributed by atoms with E-state index in [2.05, 4.69) is 0 Å². The van der Waals surface area contributed by atoms with Gasteiger partial charge < -0.3 is 0 Å². The van der Waals surface area contributed by atoms with Crippen LogP contribution in [0.5, 0.6) is 0 Å². The third kappa shape index (κ3) is 3.05. The highest BCUT2D eigenvalue weighted by Crippen LogP contribution is 2.12. The van der Waals surface area contributed by atoms with Gasteiger partial charge >= 0.3 is 0 Å². The largest absolute Gasteiger partial charge is 0.299 e. The molecule has 0 aliphatic carbocycles. The van der Waals surface area contributed by atoms with Gasteiger partial charge in [-0.2, -0.15) is 0 Å². The summed E-state index contributed by atoms with van der Waals surface area (Å²) < 4.78 is 12.4. The van der Waals surface area contributed by atoms with Crippen molar-refractivity contribution in [1.29, 1.82) is 5.41 Å². The van der Waals surface area contributed by atoms with Crippen LogP contribution in [0.15, 0.2) is 24.3 Å². The molecular formula is C9H10FNS. The van der Waals surface area contributed by atoms with Gasteiger partial charge in [0.1, 0.15) is 5.82 Å². The maximum absolute atomic E-state index is 12.4. The van der Waals surface area contributed by atoms with Crippen LogP contribution in [0.3, 0.4) is 0 Å². The van der Waals surface area contributed by atoms with Crippen LogP contribution >= 0.6 is 11.8 Å². The van der Waals surface area contributed by atoms with Crippen molar-refractivity contribution < 1.29 is 4.39 Å². The molecule has 0 spiro atoms. The molecule has 1 aromatic carbocycles. The van der Waals surface area contributed by atoms with E-state index in [1.54, 1.807) is 19.1 Å². The third-order valence-corrected chi connectivity index (χ3v) is 2.28. The lowest BCUT2D eigenvalue weighted by molar-refractivity contribution is 0.627. The van der Waals surface area contributed by atoms with Crippen molar-refractivity contribution in [2.75, 3.05) is 0 Å². The molecule has 64 valence electrons. The van der Waals surface area contributed by atoms with Crippen LogP contribution in [0.1, 0.15) is 12.5 Å². The van der Waals surface area contributed by atoms with Gasteiger partial charge in [-0.1, -0.05) is 12.1 Å². The Morgan fingerprint density at radius 1 is 1.42 bits per heavy atom. The maximum Gasteiger partial charge on any atom is 0.123 e. The van der Waals surface area contributed by atoms with Crippen molar-refractivity contribution >= 4 is 16.8 Å². The van der Waals surface area contributed by atoms with E-state index in [9.17, 15) is 4.39 Å². The number of halogens is 1. The van der Waals surface area contributed by atoms with Gasteiger partial charge in [0.25, 0.3) is 0 Å². The van der Waals surface area contributed by atoms with Crippen molar-refractivity contribution in [3.05, 3.63) is 35.6 Å². The summed E-state index contributed by atoms with van der Waals surface area (Å²) in [7, 11) is 0. The van der Waals surface area contributed by atoms with Crippen LogP contribution in [0.2, 0.25) is 0 Å². The smallest absolute Gasteiger partial charge is 0.123 e. The van der Waals surface area contributed by atoms with E-state index in [1.165, 1.54) is 23.9 Å². The molecule has 0 aliphatic heterocycles. The summed E-state index contributed by atoms with van der Waals surface area (Å²) in [6, 6.07) is 6.36. The van der Waals surface area contributed by atoms with Crippen molar-refractivity contribution in [3.63, 3.8) is 0 Å². The summed E-state index contributed by atoms with van der Waals surface area (Å²) in [6.45, 7) is 1.74. The summed E-state index contributed by atoms with van der Waals surface area (Å²) in [5, 5.41) is 7.76. The molecule has 0 amide bonds. The van der Waals surface area contributed by atoms with Crippen LogP contribution in [0, 0.1) is 11.2 Å².